The lowest BCUT2D eigenvalue weighted by atomic mass is 9.95. The van der Waals surface area contributed by atoms with Crippen LogP contribution >= 0.6 is 11.8 Å². The lowest BCUT2D eigenvalue weighted by molar-refractivity contribution is -0.117. The molecule has 1 aromatic rings. The maximum Gasteiger partial charge on any atom is 0.258 e. The van der Waals surface area contributed by atoms with Gasteiger partial charge in [-0.3, -0.25) is 4.79 Å². The highest BCUT2D eigenvalue weighted by Gasteiger charge is 2.42. The number of carbonyl (C=O) groups is 1. The third kappa shape index (κ3) is 2.32. The molecule has 1 aromatic carbocycles. The van der Waals surface area contributed by atoms with Crippen LogP contribution < -0.4 is 5.32 Å². The molecule has 2 nitrogen and oxygen atoms in total. The van der Waals surface area contributed by atoms with Crippen molar-refractivity contribution >= 4 is 23.7 Å². The maximum atomic E-state index is 12.1. The van der Waals surface area contributed by atoms with Crippen molar-refractivity contribution in [2.24, 2.45) is 0 Å². The summed E-state index contributed by atoms with van der Waals surface area (Å²) in [5, 5.41) is 3.20. The van der Waals surface area contributed by atoms with E-state index in [-0.39, 0.29) is 10.8 Å². The van der Waals surface area contributed by atoms with Crippen molar-refractivity contribution in [3.05, 3.63) is 40.8 Å². The molecule has 1 saturated heterocycles. The summed E-state index contributed by atoms with van der Waals surface area (Å²) in [7, 11) is 0. The molecule has 1 amide bonds. The summed E-state index contributed by atoms with van der Waals surface area (Å²) in [6, 6.07) is 10.1. The standard InChI is InChI=1S/C15H17NOS/c17-14-13(11-12-7-3-1-4-8-12)18-15(16-14)9-5-2-6-10-15/h1,3-4,7-8,11H,2,5-6,9-10H2,(H,16,17)/b13-11+. The molecule has 3 heteroatoms. The number of amides is 1. The van der Waals surface area contributed by atoms with E-state index in [1.165, 1.54) is 19.3 Å². The summed E-state index contributed by atoms with van der Waals surface area (Å²) in [5.41, 5.74) is 1.10. The molecule has 0 atom stereocenters. The van der Waals surface area contributed by atoms with Gasteiger partial charge < -0.3 is 5.32 Å². The molecule has 1 N–H and O–H groups in total. The topological polar surface area (TPSA) is 29.1 Å². The molecule has 0 unspecified atom stereocenters. The molecule has 1 aliphatic carbocycles. The number of rotatable bonds is 1. The monoisotopic (exact) mass is 259 g/mol. The van der Waals surface area contributed by atoms with Crippen molar-refractivity contribution in [3.8, 4) is 0 Å². The minimum absolute atomic E-state index is 0.00402. The van der Waals surface area contributed by atoms with Gasteiger partial charge >= 0.3 is 0 Å². The fourth-order valence-electron chi connectivity index (χ4n) is 2.70. The minimum Gasteiger partial charge on any atom is -0.337 e. The molecule has 18 heavy (non-hydrogen) atoms. The lowest BCUT2D eigenvalue weighted by Gasteiger charge is -2.31. The van der Waals surface area contributed by atoms with Gasteiger partial charge in [-0.25, -0.2) is 0 Å². The van der Waals surface area contributed by atoms with Crippen molar-refractivity contribution in [2.45, 2.75) is 37.0 Å². The number of hydrogen-bond donors (Lipinski definition) is 1. The van der Waals surface area contributed by atoms with Gasteiger partial charge in [0.2, 0.25) is 0 Å². The number of nitrogens with one attached hydrogen (secondary N) is 1. The molecular weight excluding hydrogens is 242 g/mol. The largest absolute Gasteiger partial charge is 0.337 e. The molecular formula is C15H17NOS. The Labute approximate surface area is 112 Å². The van der Waals surface area contributed by atoms with Crippen LogP contribution in [0.5, 0.6) is 0 Å². The predicted molar refractivity (Wildman–Crippen MR) is 76.0 cm³/mol. The fraction of sp³-hybridized carbons (Fsp3) is 0.400. The molecule has 0 bridgehead atoms. The van der Waals surface area contributed by atoms with E-state index in [1.54, 1.807) is 11.8 Å². The molecule has 1 spiro atoms. The minimum atomic E-state index is -0.00402. The van der Waals surface area contributed by atoms with E-state index in [0.717, 1.165) is 23.3 Å². The van der Waals surface area contributed by atoms with Crippen LogP contribution in [0.1, 0.15) is 37.7 Å². The van der Waals surface area contributed by atoms with Crippen LogP contribution in [-0.2, 0) is 4.79 Å². The molecule has 0 radical (unpaired) electrons. The first-order valence-corrected chi connectivity index (χ1v) is 7.37. The first-order chi connectivity index (χ1) is 8.77. The van der Waals surface area contributed by atoms with Gasteiger partial charge in [0.15, 0.2) is 0 Å². The molecule has 2 fully saturated rings. The van der Waals surface area contributed by atoms with E-state index in [1.807, 2.05) is 36.4 Å². The van der Waals surface area contributed by atoms with Gasteiger partial charge in [-0.15, -0.1) is 0 Å². The highest BCUT2D eigenvalue weighted by Crippen LogP contribution is 2.46. The van der Waals surface area contributed by atoms with Crippen LogP contribution in [0.15, 0.2) is 35.2 Å². The summed E-state index contributed by atoms with van der Waals surface area (Å²) >= 11 is 1.74. The van der Waals surface area contributed by atoms with Gasteiger partial charge in [-0.05, 0) is 24.5 Å². The van der Waals surface area contributed by atoms with Gasteiger partial charge in [0.1, 0.15) is 0 Å². The Balaban J connectivity index is 1.82. The van der Waals surface area contributed by atoms with Crippen molar-refractivity contribution in [1.82, 2.24) is 5.32 Å². The Morgan fingerprint density at radius 2 is 1.83 bits per heavy atom. The summed E-state index contributed by atoms with van der Waals surface area (Å²) < 4.78 is 0. The lowest BCUT2D eigenvalue weighted by Crippen LogP contribution is -2.40. The van der Waals surface area contributed by atoms with Crippen LogP contribution in [0.4, 0.5) is 0 Å². The SMILES string of the molecule is O=C1NC2(CCCCC2)S/C1=C/c1ccccc1. The quantitative estimate of drug-likeness (QED) is 0.781. The van der Waals surface area contributed by atoms with Gasteiger partial charge in [-0.1, -0.05) is 61.4 Å². The van der Waals surface area contributed by atoms with E-state index in [2.05, 4.69) is 5.32 Å². The molecule has 3 rings (SSSR count). The Kier molecular flexibility index (Phi) is 3.16. The van der Waals surface area contributed by atoms with Gasteiger partial charge in [-0.2, -0.15) is 0 Å². The highest BCUT2D eigenvalue weighted by molar-refractivity contribution is 8.06. The average molecular weight is 259 g/mol. The molecule has 94 valence electrons. The number of hydrogen-bond acceptors (Lipinski definition) is 2. The third-order valence-electron chi connectivity index (χ3n) is 3.63. The molecule has 1 aliphatic heterocycles. The second-order valence-electron chi connectivity index (χ2n) is 5.03. The predicted octanol–water partition coefficient (Wildman–Crippen LogP) is 3.55. The van der Waals surface area contributed by atoms with E-state index in [4.69, 9.17) is 0 Å². The number of thioether (sulfide) groups is 1. The molecule has 1 heterocycles. The zero-order valence-electron chi connectivity index (χ0n) is 10.3. The second-order valence-corrected chi connectivity index (χ2v) is 6.46. The third-order valence-corrected chi connectivity index (χ3v) is 5.05. The Morgan fingerprint density at radius 3 is 2.56 bits per heavy atom. The summed E-state index contributed by atoms with van der Waals surface area (Å²) in [6.45, 7) is 0. The van der Waals surface area contributed by atoms with E-state index in [0.29, 0.717) is 0 Å². The van der Waals surface area contributed by atoms with E-state index >= 15 is 0 Å². The fourth-order valence-corrected chi connectivity index (χ4v) is 4.09. The van der Waals surface area contributed by atoms with Crippen LogP contribution in [0.3, 0.4) is 0 Å². The van der Waals surface area contributed by atoms with E-state index < -0.39 is 0 Å². The first-order valence-electron chi connectivity index (χ1n) is 6.56. The number of benzene rings is 1. The van der Waals surface area contributed by atoms with Crippen molar-refractivity contribution < 1.29 is 4.79 Å². The van der Waals surface area contributed by atoms with Gasteiger partial charge in [0.05, 0.1) is 9.78 Å². The normalized spacial score (nSPS) is 24.4. The zero-order valence-corrected chi connectivity index (χ0v) is 11.1. The van der Waals surface area contributed by atoms with Crippen LogP contribution in [-0.4, -0.2) is 10.8 Å². The van der Waals surface area contributed by atoms with Crippen LogP contribution in [0.25, 0.3) is 6.08 Å². The highest BCUT2D eigenvalue weighted by atomic mass is 32.2. The van der Waals surface area contributed by atoms with E-state index in [9.17, 15) is 4.79 Å². The van der Waals surface area contributed by atoms with Crippen LogP contribution in [0, 0.1) is 0 Å². The smallest absolute Gasteiger partial charge is 0.258 e. The van der Waals surface area contributed by atoms with Crippen molar-refractivity contribution in [2.75, 3.05) is 0 Å². The van der Waals surface area contributed by atoms with Gasteiger partial charge in [0.25, 0.3) is 5.91 Å². The Morgan fingerprint density at radius 1 is 1.11 bits per heavy atom. The molecule has 1 saturated carbocycles. The second kappa shape index (κ2) is 4.81. The summed E-state index contributed by atoms with van der Waals surface area (Å²) in [6.07, 6.45) is 7.97. The summed E-state index contributed by atoms with van der Waals surface area (Å²) in [4.78, 5) is 12.9. The van der Waals surface area contributed by atoms with Crippen molar-refractivity contribution in [3.63, 3.8) is 0 Å². The Bertz CT molecular complexity index is 475. The van der Waals surface area contributed by atoms with Crippen molar-refractivity contribution in [1.29, 1.82) is 0 Å². The zero-order chi connectivity index (χ0) is 12.4. The summed E-state index contributed by atoms with van der Waals surface area (Å²) in [5.74, 6) is 0.103. The Hall–Kier alpha value is -1.22. The first kappa shape index (κ1) is 11.8. The average Bonchev–Trinajstić information content (AvgIpc) is 2.68. The van der Waals surface area contributed by atoms with Crippen LogP contribution in [0.2, 0.25) is 0 Å². The van der Waals surface area contributed by atoms with Gasteiger partial charge in [0, 0.05) is 0 Å². The number of carbonyl (C=O) groups excluding carboxylic acids is 1. The molecule has 2 aliphatic rings. The maximum absolute atomic E-state index is 12.1. The molecule has 0 aromatic heterocycles.